The van der Waals surface area contributed by atoms with Crippen LogP contribution in [0.5, 0.6) is 0 Å². The molecule has 1 saturated carbocycles. The van der Waals surface area contributed by atoms with Gasteiger partial charge in [-0.1, -0.05) is 20.8 Å². The molecule has 15 heavy (non-hydrogen) atoms. The van der Waals surface area contributed by atoms with Crippen LogP contribution in [-0.4, -0.2) is 27.7 Å². The summed E-state index contributed by atoms with van der Waals surface area (Å²) in [6.07, 6.45) is 0.787. The van der Waals surface area contributed by atoms with Gasteiger partial charge < -0.3 is 10.2 Å². The molecule has 1 rings (SSSR count). The molecule has 0 aliphatic heterocycles. The summed E-state index contributed by atoms with van der Waals surface area (Å²) < 4.78 is 0. The number of aliphatic hydroxyl groups is 2. The minimum absolute atomic E-state index is 0.124. The molecule has 0 aromatic rings. The van der Waals surface area contributed by atoms with Gasteiger partial charge in [0.05, 0.1) is 6.10 Å². The van der Waals surface area contributed by atoms with Crippen molar-refractivity contribution in [3.05, 3.63) is 0 Å². The molecule has 2 N–H and O–H groups in total. The van der Waals surface area contributed by atoms with E-state index < -0.39 is 11.7 Å². The van der Waals surface area contributed by atoms with Gasteiger partial charge >= 0.3 is 0 Å². The zero-order chi connectivity index (χ0) is 11.9. The van der Waals surface area contributed by atoms with E-state index in [4.69, 9.17) is 0 Å². The smallest absolute Gasteiger partial charge is 0.163 e. The van der Waals surface area contributed by atoms with E-state index in [-0.39, 0.29) is 11.2 Å². The molecule has 0 heterocycles. The van der Waals surface area contributed by atoms with Gasteiger partial charge in [0.15, 0.2) is 5.78 Å². The van der Waals surface area contributed by atoms with Crippen molar-refractivity contribution in [1.82, 2.24) is 0 Å². The summed E-state index contributed by atoms with van der Waals surface area (Å²) in [6.45, 7) is 7.73. The highest BCUT2D eigenvalue weighted by Gasteiger charge is 2.46. The highest BCUT2D eigenvalue weighted by atomic mass is 16.3. The summed E-state index contributed by atoms with van der Waals surface area (Å²) in [5.41, 5.74) is -1.37. The summed E-state index contributed by atoms with van der Waals surface area (Å²) in [4.78, 5) is 11.3. The predicted octanol–water partition coefficient (Wildman–Crippen LogP) is 1.51. The molecule has 1 fully saturated rings. The van der Waals surface area contributed by atoms with E-state index in [1.54, 1.807) is 0 Å². The molecule has 3 unspecified atom stereocenters. The Labute approximate surface area is 91.5 Å². The van der Waals surface area contributed by atoms with Gasteiger partial charge in [0.25, 0.3) is 0 Å². The molecule has 3 heteroatoms. The highest BCUT2D eigenvalue weighted by molar-refractivity contribution is 5.85. The number of aliphatic hydroxyl groups excluding tert-OH is 1. The van der Waals surface area contributed by atoms with Crippen LogP contribution < -0.4 is 0 Å². The lowest BCUT2D eigenvalue weighted by Gasteiger charge is -2.43. The highest BCUT2D eigenvalue weighted by Crippen LogP contribution is 2.41. The Morgan fingerprint density at radius 1 is 1.40 bits per heavy atom. The molecule has 0 spiro atoms. The Bertz CT molecular complexity index is 254. The summed E-state index contributed by atoms with van der Waals surface area (Å²) in [5, 5.41) is 19.9. The number of Topliss-reactive ketones (excluding diaryl/α,β-unsaturated/α-hetero) is 1. The van der Waals surface area contributed by atoms with Crippen molar-refractivity contribution in [2.24, 2.45) is 11.3 Å². The second-order valence-electron chi connectivity index (χ2n) is 5.83. The standard InChI is InChI=1S/C12H22O3/c1-8(13)12(15)6-5-9(7-10(12)14)11(2,3)4/h9-10,14-15H,5-7H2,1-4H3. The molecule has 0 aromatic heterocycles. The van der Waals surface area contributed by atoms with E-state index in [0.717, 1.165) is 6.42 Å². The largest absolute Gasteiger partial charge is 0.390 e. The van der Waals surface area contributed by atoms with Crippen LogP contribution in [0.2, 0.25) is 0 Å². The maximum atomic E-state index is 11.3. The third-order valence-electron chi connectivity index (χ3n) is 3.77. The molecule has 0 amide bonds. The monoisotopic (exact) mass is 214 g/mol. The normalized spacial score (nSPS) is 37.7. The summed E-state index contributed by atoms with van der Waals surface area (Å²) in [6, 6.07) is 0. The SMILES string of the molecule is CC(=O)C1(O)CCC(C(C)(C)C)CC1O. The molecule has 0 bridgehead atoms. The van der Waals surface area contributed by atoms with Gasteiger partial charge in [0.2, 0.25) is 0 Å². The first-order chi connectivity index (χ1) is 6.68. The molecule has 88 valence electrons. The molecular weight excluding hydrogens is 192 g/mol. The zero-order valence-corrected chi connectivity index (χ0v) is 10.1. The lowest BCUT2D eigenvalue weighted by molar-refractivity contribution is -0.160. The number of carbonyl (C=O) groups excluding carboxylic acids is 1. The Morgan fingerprint density at radius 3 is 2.27 bits per heavy atom. The molecule has 3 nitrogen and oxygen atoms in total. The maximum absolute atomic E-state index is 11.3. The zero-order valence-electron chi connectivity index (χ0n) is 10.1. The van der Waals surface area contributed by atoms with Crippen molar-refractivity contribution in [2.75, 3.05) is 0 Å². The van der Waals surface area contributed by atoms with Crippen LogP contribution in [0.3, 0.4) is 0 Å². The topological polar surface area (TPSA) is 57.5 Å². The van der Waals surface area contributed by atoms with Crippen molar-refractivity contribution in [1.29, 1.82) is 0 Å². The van der Waals surface area contributed by atoms with Crippen LogP contribution in [0, 0.1) is 11.3 Å². The first-order valence-electron chi connectivity index (χ1n) is 5.59. The molecule has 0 radical (unpaired) electrons. The van der Waals surface area contributed by atoms with E-state index in [1.165, 1.54) is 6.92 Å². The van der Waals surface area contributed by atoms with Crippen molar-refractivity contribution < 1.29 is 15.0 Å². The molecular formula is C12H22O3. The second kappa shape index (κ2) is 3.87. The van der Waals surface area contributed by atoms with Gasteiger partial charge in [-0.3, -0.25) is 4.79 Å². The van der Waals surface area contributed by atoms with Crippen LogP contribution >= 0.6 is 0 Å². The van der Waals surface area contributed by atoms with E-state index >= 15 is 0 Å². The van der Waals surface area contributed by atoms with Gasteiger partial charge in [-0.25, -0.2) is 0 Å². The van der Waals surface area contributed by atoms with Gasteiger partial charge in [-0.15, -0.1) is 0 Å². The fourth-order valence-corrected chi connectivity index (χ4v) is 2.34. The minimum Gasteiger partial charge on any atom is -0.390 e. The van der Waals surface area contributed by atoms with Crippen LogP contribution in [0.15, 0.2) is 0 Å². The third kappa shape index (κ3) is 2.40. The quantitative estimate of drug-likeness (QED) is 0.695. The van der Waals surface area contributed by atoms with Crippen LogP contribution in [-0.2, 0) is 4.79 Å². The molecule has 0 saturated heterocycles. The first kappa shape index (κ1) is 12.7. The number of ketones is 1. The third-order valence-corrected chi connectivity index (χ3v) is 3.77. The van der Waals surface area contributed by atoms with Crippen molar-refractivity contribution in [3.8, 4) is 0 Å². The molecule has 3 atom stereocenters. The van der Waals surface area contributed by atoms with Crippen molar-refractivity contribution in [2.45, 2.75) is 58.7 Å². The molecule has 1 aliphatic rings. The fourth-order valence-electron chi connectivity index (χ4n) is 2.34. The Hall–Kier alpha value is -0.410. The summed E-state index contributed by atoms with van der Waals surface area (Å²) in [5.74, 6) is 0.0504. The number of carbonyl (C=O) groups is 1. The van der Waals surface area contributed by atoms with E-state index in [0.29, 0.717) is 18.8 Å². The Morgan fingerprint density at radius 2 is 1.93 bits per heavy atom. The van der Waals surface area contributed by atoms with E-state index in [9.17, 15) is 15.0 Å². The maximum Gasteiger partial charge on any atom is 0.163 e. The van der Waals surface area contributed by atoms with Gasteiger partial charge in [-0.05, 0) is 37.5 Å². The van der Waals surface area contributed by atoms with Crippen LogP contribution in [0.1, 0.15) is 47.0 Å². The predicted molar refractivity (Wildman–Crippen MR) is 58.4 cm³/mol. The lowest BCUT2D eigenvalue weighted by Crippen LogP contribution is -2.53. The fraction of sp³-hybridized carbons (Fsp3) is 0.917. The number of rotatable bonds is 1. The Balaban J connectivity index is 2.75. The summed E-state index contributed by atoms with van der Waals surface area (Å²) in [7, 11) is 0. The van der Waals surface area contributed by atoms with E-state index in [2.05, 4.69) is 20.8 Å². The number of hydrogen-bond donors (Lipinski definition) is 2. The average molecular weight is 214 g/mol. The number of hydrogen-bond acceptors (Lipinski definition) is 3. The minimum atomic E-state index is -1.50. The van der Waals surface area contributed by atoms with Gasteiger partial charge in [0, 0.05) is 0 Å². The summed E-state index contributed by atoms with van der Waals surface area (Å²) >= 11 is 0. The lowest BCUT2D eigenvalue weighted by atomic mass is 9.66. The first-order valence-corrected chi connectivity index (χ1v) is 5.59. The second-order valence-corrected chi connectivity index (χ2v) is 5.83. The van der Waals surface area contributed by atoms with Crippen LogP contribution in [0.4, 0.5) is 0 Å². The van der Waals surface area contributed by atoms with Crippen molar-refractivity contribution in [3.63, 3.8) is 0 Å². The van der Waals surface area contributed by atoms with Crippen LogP contribution in [0.25, 0.3) is 0 Å². The van der Waals surface area contributed by atoms with Gasteiger partial charge in [-0.2, -0.15) is 0 Å². The Kier molecular flexibility index (Phi) is 3.27. The molecule has 1 aliphatic carbocycles. The average Bonchev–Trinajstić information content (AvgIpc) is 2.07. The van der Waals surface area contributed by atoms with Gasteiger partial charge in [0.1, 0.15) is 5.60 Å². The molecule has 0 aromatic carbocycles. The van der Waals surface area contributed by atoms with Crippen molar-refractivity contribution >= 4 is 5.78 Å². The van der Waals surface area contributed by atoms with E-state index in [1.807, 2.05) is 0 Å².